The van der Waals surface area contributed by atoms with Crippen LogP contribution in [-0.2, 0) is 9.57 Å². The van der Waals surface area contributed by atoms with Crippen molar-refractivity contribution >= 4 is 23.3 Å². The number of amidine groups is 1. The Morgan fingerprint density at radius 1 is 1.38 bits per heavy atom. The van der Waals surface area contributed by atoms with Gasteiger partial charge < -0.3 is 9.64 Å². The van der Waals surface area contributed by atoms with Gasteiger partial charge in [-0.05, 0) is 18.6 Å². The third-order valence-electron chi connectivity index (χ3n) is 4.60. The van der Waals surface area contributed by atoms with Gasteiger partial charge in [-0.3, -0.25) is 14.7 Å². The molecule has 1 amide bonds. The minimum Gasteiger partial charge on any atom is -0.442 e. The first-order chi connectivity index (χ1) is 15.3. The lowest BCUT2D eigenvalue weighted by molar-refractivity contribution is 0.140. The Morgan fingerprint density at radius 3 is 2.69 bits per heavy atom. The van der Waals surface area contributed by atoms with E-state index in [9.17, 15) is 18.0 Å². The zero-order valence-corrected chi connectivity index (χ0v) is 18.3. The molecule has 0 aliphatic carbocycles. The molecule has 2 aliphatic rings. The molecule has 2 heterocycles. The number of allylic oxidation sites excluding steroid dienone is 1. The van der Waals surface area contributed by atoms with E-state index in [0.717, 1.165) is 16.5 Å². The highest BCUT2D eigenvalue weighted by molar-refractivity contribution is 5.92. The first-order valence-electron chi connectivity index (χ1n) is 10.1. The number of carbonyl (C=O) groups excluding carboxylic acids is 1. The van der Waals surface area contributed by atoms with Gasteiger partial charge >= 0.3 is 6.09 Å². The molecule has 1 aromatic rings. The Labute approximate surface area is 185 Å². The Hall–Kier alpha value is -3.27. The van der Waals surface area contributed by atoms with Crippen LogP contribution in [0.2, 0.25) is 0 Å². The summed E-state index contributed by atoms with van der Waals surface area (Å²) in [6.45, 7) is 11.5. The quantitative estimate of drug-likeness (QED) is 0.299. The van der Waals surface area contributed by atoms with Gasteiger partial charge in [0.2, 0.25) is 0 Å². The fourth-order valence-corrected chi connectivity index (χ4v) is 3.09. The fraction of sp³-hybridized carbons (Fsp3) is 0.364. The number of halogens is 3. The van der Waals surface area contributed by atoms with Crippen molar-refractivity contribution < 1.29 is 27.5 Å². The number of aliphatic imine (C=N–C) groups is 1. The molecule has 174 valence electrons. The zero-order valence-electron chi connectivity index (χ0n) is 18.3. The number of hydroxylamine groups is 1. The number of carbonyl (C=O) groups is 1. The molecule has 1 unspecified atom stereocenters. The third kappa shape index (κ3) is 5.50. The molecule has 1 atom stereocenters. The van der Waals surface area contributed by atoms with E-state index in [-0.39, 0.29) is 19.6 Å². The molecule has 0 spiro atoms. The summed E-state index contributed by atoms with van der Waals surface area (Å²) in [5.74, 6) is -3.40. The molecule has 0 saturated carbocycles. The van der Waals surface area contributed by atoms with E-state index < -0.39 is 41.0 Å². The summed E-state index contributed by atoms with van der Waals surface area (Å²) in [7, 11) is 1.39. The van der Waals surface area contributed by atoms with Crippen molar-refractivity contribution in [3.05, 3.63) is 60.6 Å². The van der Waals surface area contributed by atoms with Crippen molar-refractivity contribution in [2.24, 2.45) is 4.99 Å². The van der Waals surface area contributed by atoms with Gasteiger partial charge in [-0.2, -0.15) is 0 Å². The van der Waals surface area contributed by atoms with Crippen LogP contribution in [0.1, 0.15) is 20.3 Å². The average molecular weight is 452 g/mol. The largest absolute Gasteiger partial charge is 0.442 e. The molecule has 0 radical (unpaired) electrons. The maximum Gasteiger partial charge on any atom is 0.414 e. The second-order valence-corrected chi connectivity index (χ2v) is 6.62. The summed E-state index contributed by atoms with van der Waals surface area (Å²) in [6, 6.07) is 0.791. The van der Waals surface area contributed by atoms with E-state index in [1.54, 1.807) is 6.08 Å². The van der Waals surface area contributed by atoms with E-state index in [1.807, 2.05) is 13.8 Å². The maximum absolute atomic E-state index is 14.8. The van der Waals surface area contributed by atoms with Gasteiger partial charge in [0.1, 0.15) is 17.6 Å². The Kier molecular flexibility index (Phi) is 8.89. The van der Waals surface area contributed by atoms with E-state index in [0.29, 0.717) is 12.3 Å². The van der Waals surface area contributed by atoms with Gasteiger partial charge in [0.15, 0.2) is 17.5 Å². The van der Waals surface area contributed by atoms with Crippen LogP contribution in [0.3, 0.4) is 0 Å². The minimum atomic E-state index is -1.38. The van der Waals surface area contributed by atoms with Crippen LogP contribution in [0.25, 0.3) is 0 Å². The van der Waals surface area contributed by atoms with Crippen molar-refractivity contribution in [3.63, 3.8) is 0 Å². The number of benzene rings is 1. The van der Waals surface area contributed by atoms with Crippen LogP contribution < -0.4 is 15.3 Å². The van der Waals surface area contributed by atoms with Crippen LogP contribution >= 0.6 is 0 Å². The second-order valence-electron chi connectivity index (χ2n) is 6.62. The third-order valence-corrected chi connectivity index (χ3v) is 4.60. The van der Waals surface area contributed by atoms with Gasteiger partial charge in [0.25, 0.3) is 0 Å². The predicted molar refractivity (Wildman–Crippen MR) is 118 cm³/mol. The number of hydrogen-bond donors (Lipinski definition) is 1. The molecule has 7 nitrogen and oxygen atoms in total. The minimum absolute atomic E-state index is 0.0209. The first kappa shape index (κ1) is 25.0. The second kappa shape index (κ2) is 11.4. The number of hydrogen-bond acceptors (Lipinski definition) is 5. The topological polar surface area (TPSA) is 66.4 Å². The number of nitrogens with zero attached hydrogens (tertiary/aromatic N) is 3. The van der Waals surface area contributed by atoms with E-state index in [2.05, 4.69) is 23.6 Å². The zero-order chi connectivity index (χ0) is 23.8. The van der Waals surface area contributed by atoms with Crippen LogP contribution in [0.15, 0.2) is 48.1 Å². The van der Waals surface area contributed by atoms with E-state index in [1.165, 1.54) is 24.3 Å². The normalized spacial score (nSPS) is 18.3. The summed E-state index contributed by atoms with van der Waals surface area (Å²) in [6.07, 6.45) is 3.26. The average Bonchev–Trinajstić information content (AvgIpc) is 3.16. The summed E-state index contributed by atoms with van der Waals surface area (Å²) in [5, 5.41) is 0. The fourth-order valence-electron chi connectivity index (χ4n) is 3.09. The van der Waals surface area contributed by atoms with Gasteiger partial charge in [0, 0.05) is 18.8 Å². The van der Waals surface area contributed by atoms with Gasteiger partial charge in [-0.1, -0.05) is 32.6 Å². The first-order valence-corrected chi connectivity index (χ1v) is 10.1. The molecule has 1 saturated heterocycles. The molecule has 0 bridgehead atoms. The van der Waals surface area contributed by atoms with E-state index >= 15 is 0 Å². The molecule has 32 heavy (non-hydrogen) atoms. The van der Waals surface area contributed by atoms with Crippen molar-refractivity contribution in [2.75, 3.05) is 36.5 Å². The summed E-state index contributed by atoms with van der Waals surface area (Å²) >= 11 is 0. The number of anilines is 2. The van der Waals surface area contributed by atoms with Crippen LogP contribution in [-0.4, -0.2) is 44.8 Å². The molecule has 2 aliphatic heterocycles. The van der Waals surface area contributed by atoms with Gasteiger partial charge in [0.05, 0.1) is 25.9 Å². The number of rotatable bonds is 6. The molecule has 1 aromatic carbocycles. The van der Waals surface area contributed by atoms with Crippen molar-refractivity contribution in [3.8, 4) is 0 Å². The Balaban J connectivity index is 0.00000176. The Morgan fingerprint density at radius 2 is 2.09 bits per heavy atom. The van der Waals surface area contributed by atoms with Crippen LogP contribution in [0.5, 0.6) is 0 Å². The molecular weight excluding hydrogens is 425 g/mol. The monoisotopic (exact) mass is 452 g/mol. The Bertz CT molecular complexity index is 933. The smallest absolute Gasteiger partial charge is 0.414 e. The highest BCUT2D eigenvalue weighted by atomic mass is 19.2. The van der Waals surface area contributed by atoms with Gasteiger partial charge in [-0.15, -0.1) is 0 Å². The molecule has 1 N–H and O–H groups in total. The standard InChI is InChI=1S/C20H21F3N4O3.C2H6/c1-4-16(25-29-3)24-10-13-11-27(20(28)30-13)15-9-14(21)19(18(23)17(15)22)26-7-5-12(2)6-8-26;1-2/h4-5,7,9,13H,1-2,6,8,10-11H2,3H3,(H,24,25);1-2H3. The summed E-state index contributed by atoms with van der Waals surface area (Å²) < 4.78 is 49.3. The number of cyclic esters (lactones) is 1. The molecule has 1 fully saturated rings. The maximum atomic E-state index is 14.8. The lowest BCUT2D eigenvalue weighted by atomic mass is 10.1. The van der Waals surface area contributed by atoms with Crippen LogP contribution in [0, 0.1) is 17.5 Å². The predicted octanol–water partition coefficient (Wildman–Crippen LogP) is 4.47. The van der Waals surface area contributed by atoms with Gasteiger partial charge in [-0.25, -0.2) is 23.4 Å². The number of nitrogens with one attached hydrogen (secondary N) is 1. The number of amides is 1. The highest BCUT2D eigenvalue weighted by Crippen LogP contribution is 2.35. The van der Waals surface area contributed by atoms with Crippen LogP contribution in [0.4, 0.5) is 29.3 Å². The number of ether oxygens (including phenoxy) is 1. The molecular formula is C22H27F3N4O3. The lowest BCUT2D eigenvalue weighted by Crippen LogP contribution is -2.29. The summed E-state index contributed by atoms with van der Waals surface area (Å²) in [4.78, 5) is 23.1. The summed E-state index contributed by atoms with van der Waals surface area (Å²) in [5.41, 5.74) is 2.23. The van der Waals surface area contributed by atoms with Crippen molar-refractivity contribution in [1.82, 2.24) is 5.48 Å². The molecule has 3 rings (SSSR count). The SMILES string of the molecule is C=CC(=NCC1CN(c2cc(F)c(N3C=CC(=C)CC3)c(F)c2F)C(=O)O1)NOC.CC. The molecule has 10 heteroatoms. The highest BCUT2D eigenvalue weighted by Gasteiger charge is 2.36. The van der Waals surface area contributed by atoms with Crippen molar-refractivity contribution in [1.29, 1.82) is 0 Å². The van der Waals surface area contributed by atoms with Crippen molar-refractivity contribution in [2.45, 2.75) is 26.4 Å². The molecule has 0 aromatic heterocycles. The van der Waals surface area contributed by atoms with E-state index in [4.69, 9.17) is 9.57 Å². The lowest BCUT2D eigenvalue weighted by Gasteiger charge is -2.26.